The molecule has 1 aliphatic heterocycles. The molecular formula is C19H31Cl2N3O3. The second-order valence-corrected chi connectivity index (χ2v) is 7.28. The van der Waals surface area contributed by atoms with E-state index in [1.54, 1.807) is 14.2 Å². The summed E-state index contributed by atoms with van der Waals surface area (Å²) < 4.78 is 10.7. The highest BCUT2D eigenvalue weighted by Gasteiger charge is 2.38. The summed E-state index contributed by atoms with van der Waals surface area (Å²) in [6, 6.07) is 6.11. The molecule has 27 heavy (non-hydrogen) atoms. The Kier molecular flexibility index (Phi) is 9.15. The van der Waals surface area contributed by atoms with Crippen LogP contribution in [0.4, 0.5) is 0 Å². The van der Waals surface area contributed by atoms with Crippen LogP contribution in [0.2, 0.25) is 0 Å². The fourth-order valence-corrected chi connectivity index (χ4v) is 3.87. The van der Waals surface area contributed by atoms with E-state index in [4.69, 9.17) is 15.2 Å². The molecule has 1 aliphatic carbocycles. The summed E-state index contributed by atoms with van der Waals surface area (Å²) in [7, 11) is 3.32. The van der Waals surface area contributed by atoms with Gasteiger partial charge in [0, 0.05) is 31.7 Å². The number of amides is 1. The van der Waals surface area contributed by atoms with Gasteiger partial charge < -0.3 is 20.5 Å². The SMILES string of the molecule is COc1cc(CN2CCC(NC(=O)C3(N)CCCC3)C2)cc(OC)c1.Cl.Cl. The number of rotatable bonds is 6. The van der Waals surface area contributed by atoms with E-state index in [9.17, 15) is 4.79 Å². The lowest BCUT2D eigenvalue weighted by Gasteiger charge is -2.25. The first-order chi connectivity index (χ1) is 12.0. The van der Waals surface area contributed by atoms with Gasteiger partial charge in [0.05, 0.1) is 19.8 Å². The zero-order chi connectivity index (χ0) is 17.9. The normalized spacial score (nSPS) is 21.1. The third kappa shape index (κ3) is 5.88. The molecule has 6 nitrogen and oxygen atoms in total. The minimum Gasteiger partial charge on any atom is -0.497 e. The van der Waals surface area contributed by atoms with Gasteiger partial charge in [0.25, 0.3) is 0 Å². The second-order valence-electron chi connectivity index (χ2n) is 7.28. The lowest BCUT2D eigenvalue weighted by molar-refractivity contribution is -0.126. The lowest BCUT2D eigenvalue weighted by Crippen LogP contribution is -2.54. The smallest absolute Gasteiger partial charge is 0.240 e. The van der Waals surface area contributed by atoms with E-state index >= 15 is 0 Å². The fraction of sp³-hybridized carbons (Fsp3) is 0.632. The number of nitrogens with one attached hydrogen (secondary N) is 1. The van der Waals surface area contributed by atoms with Crippen LogP contribution in [0.5, 0.6) is 11.5 Å². The van der Waals surface area contributed by atoms with Crippen LogP contribution in [0.1, 0.15) is 37.7 Å². The standard InChI is InChI=1S/C19H29N3O3.2ClH/c1-24-16-9-14(10-17(11-16)25-2)12-22-8-5-15(13-22)21-18(23)19(20)6-3-4-7-19;;/h9-11,15H,3-8,12-13,20H2,1-2H3,(H,21,23);2*1H. The van der Waals surface area contributed by atoms with Gasteiger partial charge in [-0.3, -0.25) is 9.69 Å². The molecule has 0 radical (unpaired) electrons. The number of nitrogens with zero attached hydrogens (tertiary/aromatic N) is 1. The van der Waals surface area contributed by atoms with Crippen LogP contribution in [0, 0.1) is 0 Å². The van der Waals surface area contributed by atoms with E-state index in [0.717, 1.165) is 68.8 Å². The molecule has 1 atom stereocenters. The lowest BCUT2D eigenvalue weighted by atomic mass is 9.97. The number of methoxy groups -OCH3 is 2. The van der Waals surface area contributed by atoms with Gasteiger partial charge in [0.15, 0.2) is 0 Å². The maximum atomic E-state index is 12.5. The number of nitrogens with two attached hydrogens (primary N) is 1. The first-order valence-electron chi connectivity index (χ1n) is 9.06. The number of hydrogen-bond acceptors (Lipinski definition) is 5. The van der Waals surface area contributed by atoms with Crippen molar-refractivity contribution in [3.63, 3.8) is 0 Å². The highest BCUT2D eigenvalue weighted by atomic mass is 35.5. The molecule has 3 N–H and O–H groups in total. The van der Waals surface area contributed by atoms with Gasteiger partial charge >= 0.3 is 0 Å². The van der Waals surface area contributed by atoms with Gasteiger partial charge in [-0.15, -0.1) is 24.8 Å². The summed E-state index contributed by atoms with van der Waals surface area (Å²) in [5, 5.41) is 3.17. The Morgan fingerprint density at radius 1 is 1.19 bits per heavy atom. The van der Waals surface area contributed by atoms with Crippen LogP contribution < -0.4 is 20.5 Å². The van der Waals surface area contributed by atoms with Crippen molar-refractivity contribution in [2.75, 3.05) is 27.3 Å². The maximum absolute atomic E-state index is 12.5. The van der Waals surface area contributed by atoms with Crippen LogP contribution in [0.15, 0.2) is 18.2 Å². The largest absolute Gasteiger partial charge is 0.497 e. The molecule has 1 amide bonds. The fourth-order valence-electron chi connectivity index (χ4n) is 3.87. The molecule has 1 aromatic carbocycles. The first-order valence-corrected chi connectivity index (χ1v) is 9.06. The van der Waals surface area contributed by atoms with E-state index in [1.807, 2.05) is 18.2 Å². The number of carbonyl (C=O) groups excluding carboxylic acids is 1. The average molecular weight is 420 g/mol. The second kappa shape index (κ2) is 10.4. The number of hydrogen-bond donors (Lipinski definition) is 2. The molecule has 0 spiro atoms. The van der Waals surface area contributed by atoms with Crippen molar-refractivity contribution >= 4 is 30.7 Å². The number of carbonyl (C=O) groups is 1. The predicted molar refractivity (Wildman–Crippen MR) is 111 cm³/mol. The quantitative estimate of drug-likeness (QED) is 0.740. The molecule has 1 aromatic rings. The van der Waals surface area contributed by atoms with Gasteiger partial charge in [-0.25, -0.2) is 0 Å². The Bertz CT molecular complexity index is 602. The molecule has 1 saturated heterocycles. The van der Waals surface area contributed by atoms with E-state index in [0.29, 0.717) is 0 Å². The number of halogens is 2. The van der Waals surface area contributed by atoms with Crippen LogP contribution in [0.25, 0.3) is 0 Å². The molecule has 1 saturated carbocycles. The molecule has 3 rings (SSSR count). The molecule has 1 heterocycles. The molecule has 1 unspecified atom stereocenters. The molecule has 8 heteroatoms. The van der Waals surface area contributed by atoms with Crippen LogP contribution in [-0.2, 0) is 11.3 Å². The molecule has 154 valence electrons. The van der Waals surface area contributed by atoms with Gasteiger partial charge in [-0.2, -0.15) is 0 Å². The zero-order valence-corrected chi connectivity index (χ0v) is 17.7. The third-order valence-electron chi connectivity index (χ3n) is 5.37. The van der Waals surface area contributed by atoms with Gasteiger partial charge in [0.1, 0.15) is 11.5 Å². The highest BCUT2D eigenvalue weighted by molar-refractivity contribution is 5.86. The van der Waals surface area contributed by atoms with Crippen molar-refractivity contribution in [3.8, 4) is 11.5 Å². The number of benzene rings is 1. The van der Waals surface area contributed by atoms with Gasteiger partial charge in [0.2, 0.25) is 5.91 Å². The van der Waals surface area contributed by atoms with Crippen molar-refractivity contribution in [1.82, 2.24) is 10.2 Å². The van der Waals surface area contributed by atoms with Crippen molar-refractivity contribution in [3.05, 3.63) is 23.8 Å². The molecular weight excluding hydrogens is 389 g/mol. The topological polar surface area (TPSA) is 76.8 Å². The van der Waals surface area contributed by atoms with Gasteiger partial charge in [-0.1, -0.05) is 12.8 Å². The van der Waals surface area contributed by atoms with Crippen LogP contribution >= 0.6 is 24.8 Å². The predicted octanol–water partition coefficient (Wildman–Crippen LogP) is 2.51. The van der Waals surface area contributed by atoms with E-state index in [-0.39, 0.29) is 36.8 Å². The van der Waals surface area contributed by atoms with Crippen molar-refractivity contribution in [1.29, 1.82) is 0 Å². The summed E-state index contributed by atoms with van der Waals surface area (Å²) in [4.78, 5) is 14.8. The minimum atomic E-state index is -0.645. The van der Waals surface area contributed by atoms with Crippen LogP contribution in [-0.4, -0.2) is 49.7 Å². The van der Waals surface area contributed by atoms with Crippen molar-refractivity contribution in [2.45, 2.75) is 50.2 Å². The number of ether oxygens (including phenoxy) is 2. The summed E-state index contributed by atoms with van der Waals surface area (Å²) in [5.41, 5.74) is 6.75. The summed E-state index contributed by atoms with van der Waals surface area (Å²) >= 11 is 0. The molecule has 0 aromatic heterocycles. The Morgan fingerprint density at radius 3 is 2.33 bits per heavy atom. The maximum Gasteiger partial charge on any atom is 0.240 e. The Hall–Kier alpha value is -1.21. The Morgan fingerprint density at radius 2 is 1.78 bits per heavy atom. The molecule has 0 bridgehead atoms. The van der Waals surface area contributed by atoms with E-state index in [2.05, 4.69) is 10.2 Å². The summed E-state index contributed by atoms with van der Waals surface area (Å²) in [6.45, 7) is 2.62. The minimum absolute atomic E-state index is 0. The van der Waals surface area contributed by atoms with E-state index < -0.39 is 5.54 Å². The highest BCUT2D eigenvalue weighted by Crippen LogP contribution is 2.28. The van der Waals surface area contributed by atoms with Crippen LogP contribution in [0.3, 0.4) is 0 Å². The average Bonchev–Trinajstić information content (AvgIpc) is 3.24. The number of likely N-dealkylation sites (tertiary alicyclic amines) is 1. The monoisotopic (exact) mass is 419 g/mol. The van der Waals surface area contributed by atoms with Crippen molar-refractivity contribution in [2.24, 2.45) is 5.73 Å². The molecule has 2 aliphatic rings. The first kappa shape index (κ1) is 23.8. The van der Waals surface area contributed by atoms with Crippen molar-refractivity contribution < 1.29 is 14.3 Å². The van der Waals surface area contributed by atoms with Gasteiger partial charge in [-0.05, 0) is 37.0 Å². The Labute approximate surface area is 174 Å². The van der Waals surface area contributed by atoms with E-state index in [1.165, 1.54) is 0 Å². The summed E-state index contributed by atoms with van der Waals surface area (Å²) in [6.07, 6.45) is 4.68. The Balaban J connectivity index is 0.00000182. The molecule has 2 fully saturated rings. The third-order valence-corrected chi connectivity index (χ3v) is 5.37. The summed E-state index contributed by atoms with van der Waals surface area (Å²) in [5.74, 6) is 1.62. The zero-order valence-electron chi connectivity index (χ0n) is 16.0.